The van der Waals surface area contributed by atoms with Crippen molar-refractivity contribution in [1.29, 1.82) is 0 Å². The molecular weight excluding hydrogens is 284 g/mol. The molecule has 4 nitrogen and oxygen atoms in total. The molecule has 0 aliphatic rings. The lowest BCUT2D eigenvalue weighted by atomic mass is 10.1. The SMILES string of the molecule is C=C(C(N)=O)[C@H](/C=C/SCC)NC(=O)CCCCCCC. The number of unbranched alkanes of at least 4 members (excludes halogenated alkanes) is 4. The van der Waals surface area contributed by atoms with Crippen molar-refractivity contribution >= 4 is 23.6 Å². The molecule has 0 aliphatic carbocycles. The van der Waals surface area contributed by atoms with Gasteiger partial charge >= 0.3 is 0 Å². The number of rotatable bonds is 12. The Labute approximate surface area is 132 Å². The highest BCUT2D eigenvalue weighted by atomic mass is 32.2. The minimum Gasteiger partial charge on any atom is -0.366 e. The van der Waals surface area contributed by atoms with Crippen LogP contribution in [0.4, 0.5) is 0 Å². The smallest absolute Gasteiger partial charge is 0.246 e. The molecule has 5 heteroatoms. The number of nitrogens with one attached hydrogen (secondary N) is 1. The first-order chi connectivity index (χ1) is 10.0. The topological polar surface area (TPSA) is 72.2 Å². The number of primary amides is 1. The van der Waals surface area contributed by atoms with Crippen molar-refractivity contribution in [2.24, 2.45) is 5.73 Å². The summed E-state index contributed by atoms with van der Waals surface area (Å²) in [5, 5.41) is 4.67. The maximum absolute atomic E-state index is 11.9. The number of hydrogen-bond acceptors (Lipinski definition) is 3. The molecule has 1 atom stereocenters. The van der Waals surface area contributed by atoms with Crippen LogP contribution in [0.1, 0.15) is 52.4 Å². The number of nitrogens with two attached hydrogens (primary N) is 1. The molecule has 0 fully saturated rings. The summed E-state index contributed by atoms with van der Waals surface area (Å²) < 4.78 is 0. The lowest BCUT2D eigenvalue weighted by Crippen LogP contribution is -2.38. The summed E-state index contributed by atoms with van der Waals surface area (Å²) in [4.78, 5) is 23.1. The largest absolute Gasteiger partial charge is 0.366 e. The summed E-state index contributed by atoms with van der Waals surface area (Å²) in [6.45, 7) is 7.85. The van der Waals surface area contributed by atoms with Gasteiger partial charge in [-0.1, -0.05) is 52.2 Å². The Morgan fingerprint density at radius 2 is 1.90 bits per heavy atom. The van der Waals surface area contributed by atoms with Crippen molar-refractivity contribution in [3.63, 3.8) is 0 Å². The predicted molar refractivity (Wildman–Crippen MR) is 90.9 cm³/mol. The summed E-state index contributed by atoms with van der Waals surface area (Å²) in [6, 6.07) is -0.510. The average molecular weight is 312 g/mol. The van der Waals surface area contributed by atoms with E-state index in [4.69, 9.17) is 5.73 Å². The summed E-state index contributed by atoms with van der Waals surface area (Å²) in [5.41, 5.74) is 5.45. The third-order valence-corrected chi connectivity index (χ3v) is 3.73. The van der Waals surface area contributed by atoms with Gasteiger partial charge in [-0.15, -0.1) is 11.8 Å². The van der Waals surface area contributed by atoms with Crippen LogP contribution in [0.5, 0.6) is 0 Å². The molecule has 0 aromatic rings. The van der Waals surface area contributed by atoms with Crippen molar-refractivity contribution in [2.75, 3.05) is 5.75 Å². The molecular formula is C16H28N2O2S. The van der Waals surface area contributed by atoms with Gasteiger partial charge in [-0.2, -0.15) is 0 Å². The Hall–Kier alpha value is -1.23. The van der Waals surface area contributed by atoms with Crippen LogP contribution in [0.15, 0.2) is 23.6 Å². The predicted octanol–water partition coefficient (Wildman–Crippen LogP) is 3.14. The summed E-state index contributed by atoms with van der Waals surface area (Å²) in [6.07, 6.45) is 7.72. The van der Waals surface area contributed by atoms with Crippen LogP contribution in [0, 0.1) is 0 Å². The molecule has 0 bridgehead atoms. The second-order valence-corrected chi connectivity index (χ2v) is 6.07. The van der Waals surface area contributed by atoms with Crippen molar-refractivity contribution in [3.8, 4) is 0 Å². The van der Waals surface area contributed by atoms with Crippen LogP contribution in [0.3, 0.4) is 0 Å². The molecule has 0 unspecified atom stereocenters. The van der Waals surface area contributed by atoms with Gasteiger partial charge in [-0.05, 0) is 17.6 Å². The number of thioether (sulfide) groups is 1. The van der Waals surface area contributed by atoms with E-state index in [1.165, 1.54) is 12.8 Å². The fourth-order valence-corrected chi connectivity index (χ4v) is 2.23. The van der Waals surface area contributed by atoms with Gasteiger partial charge in [0.25, 0.3) is 0 Å². The number of hydrogen-bond donors (Lipinski definition) is 2. The number of amides is 2. The number of carbonyl (C=O) groups excluding carboxylic acids is 2. The molecule has 0 radical (unpaired) electrons. The van der Waals surface area contributed by atoms with Crippen molar-refractivity contribution in [3.05, 3.63) is 23.6 Å². The van der Waals surface area contributed by atoms with E-state index < -0.39 is 11.9 Å². The van der Waals surface area contributed by atoms with E-state index in [2.05, 4.69) is 18.8 Å². The van der Waals surface area contributed by atoms with Crippen LogP contribution >= 0.6 is 11.8 Å². The zero-order chi connectivity index (χ0) is 16.1. The van der Waals surface area contributed by atoms with Gasteiger partial charge in [-0.25, -0.2) is 0 Å². The molecule has 0 aromatic heterocycles. The van der Waals surface area contributed by atoms with E-state index in [0.717, 1.165) is 25.0 Å². The standard InChI is InChI=1S/C16H28N2O2S/c1-4-6-7-8-9-10-15(19)18-14(11-12-21-5-2)13(3)16(17)20/h11-12,14H,3-10H2,1-2H3,(H2,17,20)(H,18,19)/b12-11+/t14-/m0/s1. The van der Waals surface area contributed by atoms with Crippen LogP contribution in [-0.4, -0.2) is 23.6 Å². The maximum Gasteiger partial charge on any atom is 0.246 e. The summed E-state index contributed by atoms with van der Waals surface area (Å²) in [5.74, 6) is 0.275. The Balaban J connectivity index is 4.28. The van der Waals surface area contributed by atoms with Crippen LogP contribution < -0.4 is 11.1 Å². The first-order valence-electron chi connectivity index (χ1n) is 7.59. The Kier molecular flexibility index (Phi) is 11.8. The molecule has 0 saturated carbocycles. The van der Waals surface area contributed by atoms with E-state index in [0.29, 0.717) is 6.42 Å². The highest BCUT2D eigenvalue weighted by molar-refractivity contribution is 8.02. The molecule has 0 aliphatic heterocycles. The van der Waals surface area contributed by atoms with Gasteiger partial charge in [-0.3, -0.25) is 9.59 Å². The van der Waals surface area contributed by atoms with E-state index in [-0.39, 0.29) is 11.5 Å². The summed E-state index contributed by atoms with van der Waals surface area (Å²) in [7, 11) is 0. The summed E-state index contributed by atoms with van der Waals surface area (Å²) >= 11 is 1.59. The van der Waals surface area contributed by atoms with Gasteiger partial charge in [0.05, 0.1) is 6.04 Å². The van der Waals surface area contributed by atoms with Crippen LogP contribution in [0.2, 0.25) is 0 Å². The number of carbonyl (C=O) groups is 2. The van der Waals surface area contributed by atoms with Crippen molar-refractivity contribution in [1.82, 2.24) is 5.32 Å². The van der Waals surface area contributed by atoms with E-state index >= 15 is 0 Å². The second-order valence-electron chi connectivity index (χ2n) is 4.88. The molecule has 0 heterocycles. The zero-order valence-corrected chi connectivity index (χ0v) is 14.0. The molecule has 0 saturated heterocycles. The Bertz CT molecular complexity index is 367. The maximum atomic E-state index is 11.9. The highest BCUT2D eigenvalue weighted by Gasteiger charge is 2.16. The molecule has 120 valence electrons. The third-order valence-electron chi connectivity index (χ3n) is 3.05. The monoisotopic (exact) mass is 312 g/mol. The molecule has 0 spiro atoms. The molecule has 3 N–H and O–H groups in total. The minimum atomic E-state index is -0.589. The first kappa shape index (κ1) is 19.8. The van der Waals surface area contributed by atoms with Crippen molar-refractivity contribution < 1.29 is 9.59 Å². The Morgan fingerprint density at radius 3 is 2.48 bits per heavy atom. The van der Waals surface area contributed by atoms with Gasteiger partial charge in [0.15, 0.2) is 0 Å². The van der Waals surface area contributed by atoms with Gasteiger partial charge in [0.1, 0.15) is 0 Å². The second kappa shape index (κ2) is 12.5. The third kappa shape index (κ3) is 10.2. The van der Waals surface area contributed by atoms with Crippen LogP contribution in [-0.2, 0) is 9.59 Å². The van der Waals surface area contributed by atoms with E-state index in [9.17, 15) is 9.59 Å². The first-order valence-corrected chi connectivity index (χ1v) is 8.64. The van der Waals surface area contributed by atoms with E-state index in [1.807, 2.05) is 12.3 Å². The van der Waals surface area contributed by atoms with Gasteiger partial charge in [0.2, 0.25) is 11.8 Å². The Morgan fingerprint density at radius 1 is 1.24 bits per heavy atom. The fourth-order valence-electron chi connectivity index (χ4n) is 1.77. The molecule has 0 aromatic carbocycles. The fraction of sp³-hybridized carbons (Fsp3) is 0.625. The minimum absolute atomic E-state index is 0.0648. The molecule has 0 rings (SSSR count). The van der Waals surface area contributed by atoms with Crippen LogP contribution in [0.25, 0.3) is 0 Å². The van der Waals surface area contributed by atoms with Gasteiger partial charge < -0.3 is 11.1 Å². The quantitative estimate of drug-likeness (QED) is 0.429. The molecule has 21 heavy (non-hydrogen) atoms. The highest BCUT2D eigenvalue weighted by Crippen LogP contribution is 2.09. The zero-order valence-electron chi connectivity index (χ0n) is 13.2. The normalized spacial score (nSPS) is 12.3. The lowest BCUT2D eigenvalue weighted by molar-refractivity contribution is -0.121. The van der Waals surface area contributed by atoms with E-state index in [1.54, 1.807) is 17.8 Å². The van der Waals surface area contributed by atoms with Gasteiger partial charge in [0, 0.05) is 12.0 Å². The molecule has 2 amide bonds. The van der Waals surface area contributed by atoms with Crippen molar-refractivity contribution in [2.45, 2.75) is 58.4 Å². The lowest BCUT2D eigenvalue weighted by Gasteiger charge is -2.15. The average Bonchev–Trinajstić information content (AvgIpc) is 2.45.